The fraction of sp³-hybridized carbons (Fsp3) is 0. The number of hydrogen-bond donors (Lipinski definition) is 1. The maximum absolute atomic E-state index is 10.4. The van der Waals surface area contributed by atoms with Gasteiger partial charge in [0.05, 0.1) is 4.90 Å². The zero-order valence-corrected chi connectivity index (χ0v) is 9.29. The van der Waals surface area contributed by atoms with Crippen molar-refractivity contribution in [2.24, 2.45) is 0 Å². The van der Waals surface area contributed by atoms with E-state index in [1.807, 2.05) is 0 Å². The van der Waals surface area contributed by atoms with E-state index in [9.17, 15) is 8.42 Å². The molecule has 0 fully saturated rings. The van der Waals surface area contributed by atoms with Gasteiger partial charge in [0.25, 0.3) is 10.1 Å². The molecule has 0 aromatic heterocycles. The SMILES string of the molecule is O.O=S(=O)(O)c1ccccc1.[Ca+2].[H-].[H-]. The Hall–Kier alpha value is 0.350. The second kappa shape index (κ2) is 5.90. The molecular weight excluding hydrogens is 208 g/mol. The average Bonchev–Trinajstić information content (AvgIpc) is 1.88. The van der Waals surface area contributed by atoms with Crippen molar-refractivity contribution in [1.82, 2.24) is 0 Å². The van der Waals surface area contributed by atoms with Gasteiger partial charge in [-0.1, -0.05) is 18.2 Å². The van der Waals surface area contributed by atoms with Gasteiger partial charge in [-0.2, -0.15) is 8.42 Å². The standard InChI is InChI=1S/C6H6O3S.Ca.H2O.2H/c7-10(8,9)6-4-2-1-3-5-6;;;;/h1-5H,(H,7,8,9);;1H2;;/q;+2;;2*-1. The van der Waals surface area contributed by atoms with Crippen molar-refractivity contribution in [3.63, 3.8) is 0 Å². The summed E-state index contributed by atoms with van der Waals surface area (Å²) in [5.74, 6) is 0. The quantitative estimate of drug-likeness (QED) is 0.529. The predicted octanol–water partition coefficient (Wildman–Crippen LogP) is -0.0472. The van der Waals surface area contributed by atoms with Crippen LogP contribution < -0.4 is 0 Å². The minimum atomic E-state index is -4.00. The largest absolute Gasteiger partial charge is 2.00 e. The molecule has 1 rings (SSSR count). The van der Waals surface area contributed by atoms with Crippen LogP contribution in [0.4, 0.5) is 0 Å². The maximum atomic E-state index is 10.4. The Bertz CT molecular complexity index is 316. The van der Waals surface area contributed by atoms with Gasteiger partial charge in [-0.3, -0.25) is 4.55 Å². The summed E-state index contributed by atoms with van der Waals surface area (Å²) in [6.45, 7) is 0. The summed E-state index contributed by atoms with van der Waals surface area (Å²) in [6.07, 6.45) is 0. The van der Waals surface area contributed by atoms with E-state index in [2.05, 4.69) is 0 Å². The van der Waals surface area contributed by atoms with E-state index in [4.69, 9.17) is 4.55 Å². The van der Waals surface area contributed by atoms with Gasteiger partial charge in [0.2, 0.25) is 0 Å². The molecule has 0 spiro atoms. The minimum Gasteiger partial charge on any atom is -1.00 e. The Balaban J connectivity index is -0.000000125. The van der Waals surface area contributed by atoms with Crippen LogP contribution in [-0.2, 0) is 10.1 Å². The molecule has 4 nitrogen and oxygen atoms in total. The molecule has 0 saturated carbocycles. The predicted molar refractivity (Wildman–Crippen MR) is 47.8 cm³/mol. The van der Waals surface area contributed by atoms with Crippen molar-refractivity contribution in [2.75, 3.05) is 0 Å². The monoisotopic (exact) mass is 218 g/mol. The molecule has 0 radical (unpaired) electrons. The molecule has 0 saturated heterocycles. The molecule has 66 valence electrons. The maximum Gasteiger partial charge on any atom is 2.00 e. The van der Waals surface area contributed by atoms with Gasteiger partial charge in [0.1, 0.15) is 0 Å². The molecule has 3 N–H and O–H groups in total. The first-order chi connectivity index (χ1) is 4.61. The summed E-state index contributed by atoms with van der Waals surface area (Å²) in [5.41, 5.74) is 0. The van der Waals surface area contributed by atoms with E-state index in [1.54, 1.807) is 18.2 Å². The Labute approximate surface area is 104 Å². The number of benzene rings is 1. The van der Waals surface area contributed by atoms with Crippen LogP contribution in [-0.4, -0.2) is 56.2 Å². The van der Waals surface area contributed by atoms with Crippen LogP contribution in [0.3, 0.4) is 0 Å². The molecule has 12 heavy (non-hydrogen) atoms. The first-order valence-electron chi connectivity index (χ1n) is 2.63. The topological polar surface area (TPSA) is 85.9 Å². The second-order valence-electron chi connectivity index (χ2n) is 1.79. The van der Waals surface area contributed by atoms with Crippen molar-refractivity contribution in [1.29, 1.82) is 0 Å². The van der Waals surface area contributed by atoms with E-state index < -0.39 is 10.1 Å². The Morgan fingerprint density at radius 2 is 1.58 bits per heavy atom. The van der Waals surface area contributed by atoms with Gasteiger partial charge in [0.15, 0.2) is 0 Å². The zero-order chi connectivity index (χ0) is 7.61. The normalized spacial score (nSPS) is 9.42. The average molecular weight is 218 g/mol. The third-order valence-electron chi connectivity index (χ3n) is 1.04. The molecule has 0 aliphatic rings. The molecule has 0 aliphatic heterocycles. The summed E-state index contributed by atoms with van der Waals surface area (Å²) < 4.78 is 29.2. The van der Waals surface area contributed by atoms with Gasteiger partial charge in [-0.05, 0) is 12.1 Å². The van der Waals surface area contributed by atoms with Gasteiger partial charge in [-0.15, -0.1) is 0 Å². The van der Waals surface area contributed by atoms with Gasteiger partial charge < -0.3 is 8.33 Å². The molecule has 0 aliphatic carbocycles. The molecule has 0 bridgehead atoms. The van der Waals surface area contributed by atoms with Crippen molar-refractivity contribution in [3.8, 4) is 0 Å². The molecule has 0 unspecified atom stereocenters. The number of rotatable bonds is 1. The zero-order valence-electron chi connectivity index (χ0n) is 8.27. The van der Waals surface area contributed by atoms with Crippen molar-refractivity contribution in [2.45, 2.75) is 4.90 Å². The van der Waals surface area contributed by atoms with E-state index in [0.29, 0.717) is 0 Å². The first-order valence-corrected chi connectivity index (χ1v) is 4.07. The molecule has 1 aromatic rings. The van der Waals surface area contributed by atoms with Crippen molar-refractivity contribution in [3.05, 3.63) is 30.3 Å². The van der Waals surface area contributed by atoms with Crippen molar-refractivity contribution >= 4 is 47.9 Å². The van der Waals surface area contributed by atoms with Crippen LogP contribution in [0, 0.1) is 0 Å². The van der Waals surface area contributed by atoms with Crippen LogP contribution in [0.25, 0.3) is 0 Å². The third-order valence-corrected chi connectivity index (χ3v) is 1.91. The summed E-state index contributed by atoms with van der Waals surface area (Å²) in [6, 6.07) is 7.42. The van der Waals surface area contributed by atoms with Crippen molar-refractivity contribution < 1.29 is 21.3 Å². The van der Waals surface area contributed by atoms with Crippen LogP contribution in [0.1, 0.15) is 2.85 Å². The Kier molecular flexibility index (Phi) is 7.31. The van der Waals surface area contributed by atoms with Gasteiger partial charge in [-0.25, -0.2) is 0 Å². The minimum absolute atomic E-state index is 0. The van der Waals surface area contributed by atoms with Crippen LogP contribution in [0.5, 0.6) is 0 Å². The Morgan fingerprint density at radius 1 is 1.17 bits per heavy atom. The van der Waals surface area contributed by atoms with E-state index in [0.717, 1.165) is 0 Å². The van der Waals surface area contributed by atoms with E-state index in [-0.39, 0.29) is 51.0 Å². The van der Waals surface area contributed by atoms with Crippen LogP contribution in [0.2, 0.25) is 0 Å². The van der Waals surface area contributed by atoms with Crippen LogP contribution >= 0.6 is 0 Å². The first kappa shape index (κ1) is 14.9. The fourth-order valence-corrected chi connectivity index (χ4v) is 1.09. The molecule has 6 heteroatoms. The Morgan fingerprint density at radius 3 is 1.83 bits per heavy atom. The molecular formula is C6H10CaO4S. The molecule has 0 amide bonds. The van der Waals surface area contributed by atoms with E-state index >= 15 is 0 Å². The van der Waals surface area contributed by atoms with Crippen LogP contribution in [0.15, 0.2) is 35.2 Å². The fourth-order valence-electron chi connectivity index (χ4n) is 0.592. The van der Waals surface area contributed by atoms with Gasteiger partial charge in [0, 0.05) is 0 Å². The molecule has 0 atom stereocenters. The number of hydrogen-bond acceptors (Lipinski definition) is 2. The molecule has 0 heterocycles. The smallest absolute Gasteiger partial charge is 1.00 e. The summed E-state index contributed by atoms with van der Waals surface area (Å²) in [4.78, 5) is -0.0741. The molecule has 1 aromatic carbocycles. The van der Waals surface area contributed by atoms with E-state index in [1.165, 1.54) is 12.1 Å². The third kappa shape index (κ3) is 4.39. The summed E-state index contributed by atoms with van der Waals surface area (Å²) >= 11 is 0. The van der Waals surface area contributed by atoms with Gasteiger partial charge >= 0.3 is 37.7 Å². The summed E-state index contributed by atoms with van der Waals surface area (Å²) in [7, 11) is -4.00. The second-order valence-corrected chi connectivity index (χ2v) is 3.21. The summed E-state index contributed by atoms with van der Waals surface area (Å²) in [5, 5.41) is 0.